The minimum absolute atomic E-state index is 0.0426. The van der Waals surface area contributed by atoms with Gasteiger partial charge in [-0.1, -0.05) is 18.2 Å². The molecule has 104 valence electrons. The summed E-state index contributed by atoms with van der Waals surface area (Å²) in [6.07, 6.45) is 1.41. The Bertz CT molecular complexity index is 432. The van der Waals surface area contributed by atoms with Gasteiger partial charge in [0.1, 0.15) is 5.75 Å². The summed E-state index contributed by atoms with van der Waals surface area (Å²) >= 11 is 0. The van der Waals surface area contributed by atoms with Crippen LogP contribution >= 0.6 is 0 Å². The number of carbonyl (C=O) groups is 1. The van der Waals surface area contributed by atoms with Gasteiger partial charge in [0.05, 0.1) is 6.10 Å². The third kappa shape index (κ3) is 3.70. The van der Waals surface area contributed by atoms with Crippen molar-refractivity contribution in [1.82, 2.24) is 5.32 Å². The minimum Gasteiger partial charge on any atom is -0.483 e. The molecule has 4 heteroatoms. The van der Waals surface area contributed by atoms with Crippen molar-refractivity contribution in [3.8, 4) is 5.75 Å². The van der Waals surface area contributed by atoms with Crippen LogP contribution in [0, 0.1) is 19.8 Å². The first-order valence-corrected chi connectivity index (χ1v) is 6.70. The molecular weight excluding hydrogens is 242 g/mol. The number of nitrogens with one attached hydrogen (secondary N) is 1. The van der Waals surface area contributed by atoms with E-state index in [2.05, 4.69) is 5.32 Å². The van der Waals surface area contributed by atoms with E-state index in [0.717, 1.165) is 29.7 Å². The van der Waals surface area contributed by atoms with Gasteiger partial charge >= 0.3 is 0 Å². The SMILES string of the molecule is Cc1cccc(C)c1OCC(=O)NCC1CC(O)C1. The first-order valence-electron chi connectivity index (χ1n) is 6.70. The first kappa shape index (κ1) is 13.9. The number of hydrogen-bond donors (Lipinski definition) is 2. The Kier molecular flexibility index (Phi) is 4.43. The van der Waals surface area contributed by atoms with E-state index < -0.39 is 0 Å². The van der Waals surface area contributed by atoms with E-state index in [0.29, 0.717) is 12.5 Å². The molecule has 2 N–H and O–H groups in total. The maximum absolute atomic E-state index is 11.7. The molecule has 0 aromatic heterocycles. The Morgan fingerprint density at radius 3 is 2.58 bits per heavy atom. The number of carbonyl (C=O) groups excluding carboxylic acids is 1. The molecule has 1 saturated carbocycles. The highest BCUT2D eigenvalue weighted by Crippen LogP contribution is 2.26. The van der Waals surface area contributed by atoms with E-state index in [-0.39, 0.29) is 18.6 Å². The summed E-state index contributed by atoms with van der Waals surface area (Å²) in [6.45, 7) is 4.61. The number of benzene rings is 1. The van der Waals surface area contributed by atoms with Crippen molar-refractivity contribution >= 4 is 5.91 Å². The standard InChI is InChI=1S/C15H21NO3/c1-10-4-3-5-11(2)15(10)19-9-14(18)16-8-12-6-13(17)7-12/h3-5,12-13,17H,6-9H2,1-2H3,(H,16,18). The molecule has 19 heavy (non-hydrogen) atoms. The Morgan fingerprint density at radius 1 is 1.37 bits per heavy atom. The second-order valence-corrected chi connectivity index (χ2v) is 5.30. The Labute approximate surface area is 113 Å². The average Bonchev–Trinajstić information content (AvgIpc) is 2.32. The van der Waals surface area contributed by atoms with Crippen molar-refractivity contribution in [2.45, 2.75) is 32.8 Å². The molecule has 0 aliphatic heterocycles. The monoisotopic (exact) mass is 263 g/mol. The van der Waals surface area contributed by atoms with Gasteiger partial charge in [0.25, 0.3) is 5.91 Å². The molecule has 1 aliphatic rings. The van der Waals surface area contributed by atoms with Crippen molar-refractivity contribution in [2.24, 2.45) is 5.92 Å². The van der Waals surface area contributed by atoms with Gasteiger partial charge in [0, 0.05) is 6.54 Å². The van der Waals surface area contributed by atoms with Gasteiger partial charge in [0.2, 0.25) is 0 Å². The Balaban J connectivity index is 1.74. The molecule has 0 spiro atoms. The molecule has 0 heterocycles. The molecule has 1 amide bonds. The normalized spacial score (nSPS) is 21.6. The van der Waals surface area contributed by atoms with E-state index >= 15 is 0 Å². The predicted octanol–water partition coefficient (Wildman–Crippen LogP) is 1.57. The number of ether oxygens (including phenoxy) is 1. The molecule has 0 atom stereocenters. The van der Waals surface area contributed by atoms with Crippen LogP contribution in [-0.2, 0) is 4.79 Å². The Hall–Kier alpha value is -1.55. The fourth-order valence-electron chi connectivity index (χ4n) is 2.34. The van der Waals surface area contributed by atoms with Crippen LogP contribution in [0.25, 0.3) is 0 Å². The average molecular weight is 263 g/mol. The van der Waals surface area contributed by atoms with Crippen LogP contribution in [0.5, 0.6) is 5.75 Å². The maximum atomic E-state index is 11.7. The van der Waals surface area contributed by atoms with Gasteiger partial charge in [0.15, 0.2) is 6.61 Å². The van der Waals surface area contributed by atoms with Crippen molar-refractivity contribution in [1.29, 1.82) is 0 Å². The van der Waals surface area contributed by atoms with Crippen LogP contribution in [-0.4, -0.2) is 30.3 Å². The largest absolute Gasteiger partial charge is 0.483 e. The van der Waals surface area contributed by atoms with E-state index in [4.69, 9.17) is 9.84 Å². The van der Waals surface area contributed by atoms with Crippen LogP contribution in [0.2, 0.25) is 0 Å². The number of para-hydroxylation sites is 1. The van der Waals surface area contributed by atoms with E-state index in [1.165, 1.54) is 0 Å². The summed E-state index contributed by atoms with van der Waals surface area (Å²) in [5, 5.41) is 12.0. The second-order valence-electron chi connectivity index (χ2n) is 5.30. The lowest BCUT2D eigenvalue weighted by Crippen LogP contribution is -2.40. The van der Waals surface area contributed by atoms with Gasteiger partial charge in [-0.3, -0.25) is 4.79 Å². The van der Waals surface area contributed by atoms with E-state index in [1.54, 1.807) is 0 Å². The zero-order chi connectivity index (χ0) is 13.8. The van der Waals surface area contributed by atoms with Crippen LogP contribution < -0.4 is 10.1 Å². The quantitative estimate of drug-likeness (QED) is 0.847. The number of aliphatic hydroxyl groups excluding tert-OH is 1. The highest BCUT2D eigenvalue weighted by molar-refractivity contribution is 5.77. The lowest BCUT2D eigenvalue weighted by atomic mass is 9.82. The van der Waals surface area contributed by atoms with Crippen molar-refractivity contribution in [3.05, 3.63) is 29.3 Å². The number of rotatable bonds is 5. The second kappa shape index (κ2) is 6.06. The number of aryl methyl sites for hydroxylation is 2. The molecular formula is C15H21NO3. The first-order chi connectivity index (χ1) is 9.06. The molecule has 0 saturated heterocycles. The topological polar surface area (TPSA) is 58.6 Å². The fraction of sp³-hybridized carbons (Fsp3) is 0.533. The van der Waals surface area contributed by atoms with Crippen molar-refractivity contribution < 1.29 is 14.6 Å². The summed E-state index contributed by atoms with van der Waals surface area (Å²) in [4.78, 5) is 11.7. The number of aliphatic hydroxyl groups is 1. The van der Waals surface area contributed by atoms with Crippen LogP contribution in [0.15, 0.2) is 18.2 Å². The summed E-state index contributed by atoms with van der Waals surface area (Å²) < 4.78 is 5.57. The van der Waals surface area contributed by atoms with Crippen LogP contribution in [0.1, 0.15) is 24.0 Å². The van der Waals surface area contributed by atoms with E-state index in [1.807, 2.05) is 32.0 Å². The highest BCUT2D eigenvalue weighted by atomic mass is 16.5. The molecule has 1 aliphatic carbocycles. The van der Waals surface area contributed by atoms with Gasteiger partial charge in [-0.15, -0.1) is 0 Å². The fourth-order valence-corrected chi connectivity index (χ4v) is 2.34. The molecule has 0 radical (unpaired) electrons. The molecule has 1 aromatic rings. The predicted molar refractivity (Wildman–Crippen MR) is 73.2 cm³/mol. The number of amides is 1. The summed E-state index contributed by atoms with van der Waals surface area (Å²) in [6, 6.07) is 5.91. The molecule has 0 unspecified atom stereocenters. The third-order valence-corrected chi connectivity index (χ3v) is 3.56. The van der Waals surface area contributed by atoms with Crippen molar-refractivity contribution in [2.75, 3.05) is 13.2 Å². The van der Waals surface area contributed by atoms with Crippen LogP contribution in [0.3, 0.4) is 0 Å². The zero-order valence-corrected chi connectivity index (χ0v) is 11.5. The molecule has 4 nitrogen and oxygen atoms in total. The maximum Gasteiger partial charge on any atom is 0.257 e. The van der Waals surface area contributed by atoms with Gasteiger partial charge < -0.3 is 15.2 Å². The van der Waals surface area contributed by atoms with Gasteiger partial charge in [-0.05, 0) is 43.7 Å². The lowest BCUT2D eigenvalue weighted by Gasteiger charge is -2.31. The summed E-state index contributed by atoms with van der Waals surface area (Å²) in [5.74, 6) is 1.10. The van der Waals surface area contributed by atoms with Crippen molar-refractivity contribution in [3.63, 3.8) is 0 Å². The lowest BCUT2D eigenvalue weighted by molar-refractivity contribution is -0.123. The molecule has 1 fully saturated rings. The molecule has 1 aromatic carbocycles. The highest BCUT2D eigenvalue weighted by Gasteiger charge is 2.27. The molecule has 2 rings (SSSR count). The third-order valence-electron chi connectivity index (χ3n) is 3.56. The zero-order valence-electron chi connectivity index (χ0n) is 11.5. The smallest absolute Gasteiger partial charge is 0.257 e. The summed E-state index contributed by atoms with van der Waals surface area (Å²) in [5.41, 5.74) is 2.07. The van der Waals surface area contributed by atoms with E-state index in [9.17, 15) is 4.79 Å². The minimum atomic E-state index is -0.173. The Morgan fingerprint density at radius 2 is 2.00 bits per heavy atom. The summed E-state index contributed by atoms with van der Waals surface area (Å²) in [7, 11) is 0. The molecule has 0 bridgehead atoms. The van der Waals surface area contributed by atoms with Crippen LogP contribution in [0.4, 0.5) is 0 Å². The number of hydrogen-bond acceptors (Lipinski definition) is 3. The van der Waals surface area contributed by atoms with Gasteiger partial charge in [-0.2, -0.15) is 0 Å². The van der Waals surface area contributed by atoms with Gasteiger partial charge in [-0.25, -0.2) is 0 Å².